The van der Waals surface area contributed by atoms with E-state index in [0.717, 1.165) is 12.8 Å². The minimum atomic E-state index is -0.0305. The van der Waals surface area contributed by atoms with Crippen LogP contribution in [0.15, 0.2) is 30.0 Å². The lowest BCUT2D eigenvalue weighted by molar-refractivity contribution is 0.0998. The highest BCUT2D eigenvalue weighted by atomic mass is 16.6. The number of fused-ring (bicyclic) bond motifs is 1. The molecule has 0 unspecified atom stereocenters. The second kappa shape index (κ2) is 4.72. The van der Waals surface area contributed by atoms with Crippen LogP contribution < -0.4 is 9.47 Å². The topological polar surface area (TPSA) is 44.8 Å². The molecule has 1 aromatic rings. The predicted octanol–water partition coefficient (Wildman–Crippen LogP) is 2.33. The molecule has 0 radical (unpaired) electrons. The van der Waals surface area contributed by atoms with Gasteiger partial charge in [0.25, 0.3) is 0 Å². The van der Waals surface area contributed by atoms with Crippen molar-refractivity contribution in [2.24, 2.45) is 0 Å². The smallest absolute Gasteiger partial charge is 0.195 e. The average Bonchev–Trinajstić information content (AvgIpc) is 2.47. The van der Waals surface area contributed by atoms with E-state index in [-0.39, 0.29) is 5.78 Å². The number of allylic oxidation sites excluding steroid dienone is 1. The molecule has 0 amide bonds. The minimum Gasteiger partial charge on any atom is -0.501 e. The van der Waals surface area contributed by atoms with E-state index >= 15 is 0 Å². The van der Waals surface area contributed by atoms with Gasteiger partial charge in [-0.15, -0.1) is 0 Å². The molecular weight excluding hydrogens is 232 g/mol. The fourth-order valence-corrected chi connectivity index (χ4v) is 2.16. The van der Waals surface area contributed by atoms with Crippen LogP contribution in [0.3, 0.4) is 0 Å². The lowest BCUT2D eigenvalue weighted by Gasteiger charge is -2.21. The first-order chi connectivity index (χ1) is 8.86. The molecular formula is C14H14O4. The fourth-order valence-electron chi connectivity index (χ4n) is 2.16. The summed E-state index contributed by atoms with van der Waals surface area (Å²) in [7, 11) is 0. The van der Waals surface area contributed by atoms with Crippen molar-refractivity contribution >= 4 is 5.78 Å². The van der Waals surface area contributed by atoms with Crippen molar-refractivity contribution < 1.29 is 19.0 Å². The molecule has 0 atom stereocenters. The Bertz CT molecular complexity index is 505. The zero-order valence-corrected chi connectivity index (χ0v) is 9.98. The van der Waals surface area contributed by atoms with Gasteiger partial charge in [0.2, 0.25) is 0 Å². The van der Waals surface area contributed by atoms with Gasteiger partial charge in [0.05, 0.1) is 18.4 Å². The maximum Gasteiger partial charge on any atom is 0.195 e. The van der Waals surface area contributed by atoms with Crippen LogP contribution in [0.5, 0.6) is 11.5 Å². The van der Waals surface area contributed by atoms with Crippen LogP contribution in [0.2, 0.25) is 0 Å². The monoisotopic (exact) mass is 246 g/mol. The molecule has 0 N–H and O–H groups in total. The predicted molar refractivity (Wildman–Crippen MR) is 65.0 cm³/mol. The van der Waals surface area contributed by atoms with E-state index in [1.54, 1.807) is 12.3 Å². The normalized spacial score (nSPS) is 17.7. The number of carbonyl (C=O) groups is 1. The second-order valence-corrected chi connectivity index (χ2v) is 4.28. The highest BCUT2D eigenvalue weighted by Crippen LogP contribution is 2.35. The third-order valence-electron chi connectivity index (χ3n) is 3.04. The summed E-state index contributed by atoms with van der Waals surface area (Å²) in [5, 5.41) is 0. The number of para-hydroxylation sites is 1. The van der Waals surface area contributed by atoms with Gasteiger partial charge < -0.3 is 14.2 Å². The molecule has 0 saturated heterocycles. The number of hydrogen-bond acceptors (Lipinski definition) is 4. The van der Waals surface area contributed by atoms with E-state index in [2.05, 4.69) is 0 Å². The fraction of sp³-hybridized carbons (Fsp3) is 0.357. The number of rotatable bonds is 2. The van der Waals surface area contributed by atoms with Crippen molar-refractivity contribution in [3.63, 3.8) is 0 Å². The molecule has 0 saturated carbocycles. The standard InChI is InChI=1S/C14H14O4/c15-13(10-3-2-6-16-9-10)11-4-1-5-12-14(11)18-8-7-17-12/h1,4-5,9H,2-3,6-8H2. The Labute approximate surface area is 105 Å². The second-order valence-electron chi connectivity index (χ2n) is 4.28. The maximum atomic E-state index is 12.4. The molecule has 0 fully saturated rings. The molecule has 94 valence electrons. The lowest BCUT2D eigenvalue weighted by atomic mass is 9.98. The van der Waals surface area contributed by atoms with E-state index in [1.807, 2.05) is 12.1 Å². The minimum absolute atomic E-state index is 0.0305. The molecule has 2 aliphatic heterocycles. The molecule has 0 spiro atoms. The number of hydrogen-bond donors (Lipinski definition) is 0. The SMILES string of the molecule is O=C(C1=COCCC1)c1cccc2c1OCCO2. The molecule has 4 heteroatoms. The van der Waals surface area contributed by atoms with Crippen molar-refractivity contribution in [1.82, 2.24) is 0 Å². The van der Waals surface area contributed by atoms with Crippen LogP contribution in [-0.2, 0) is 4.74 Å². The molecule has 1 aromatic carbocycles. The van der Waals surface area contributed by atoms with E-state index in [1.165, 1.54) is 0 Å². The molecule has 2 aliphatic rings. The van der Waals surface area contributed by atoms with Crippen LogP contribution >= 0.6 is 0 Å². The van der Waals surface area contributed by atoms with Gasteiger partial charge in [-0.05, 0) is 25.0 Å². The summed E-state index contributed by atoms with van der Waals surface area (Å²) in [6.07, 6.45) is 3.20. The number of ether oxygens (including phenoxy) is 3. The third kappa shape index (κ3) is 1.94. The Morgan fingerprint density at radius 2 is 2.00 bits per heavy atom. The summed E-state index contributed by atoms with van der Waals surface area (Å²) in [5.74, 6) is 1.17. The van der Waals surface area contributed by atoms with Gasteiger partial charge in [-0.25, -0.2) is 0 Å². The Morgan fingerprint density at radius 1 is 1.11 bits per heavy atom. The average molecular weight is 246 g/mol. The molecule has 3 rings (SSSR count). The molecule has 0 aromatic heterocycles. The summed E-state index contributed by atoms with van der Waals surface area (Å²) in [5.41, 5.74) is 1.26. The van der Waals surface area contributed by atoms with Gasteiger partial charge in [-0.3, -0.25) is 4.79 Å². The van der Waals surface area contributed by atoms with Gasteiger partial charge in [0.15, 0.2) is 17.3 Å². The highest BCUT2D eigenvalue weighted by molar-refractivity contribution is 6.10. The third-order valence-corrected chi connectivity index (χ3v) is 3.04. The lowest BCUT2D eigenvalue weighted by Crippen LogP contribution is -2.18. The number of benzene rings is 1. The number of Topliss-reactive ketones (excluding diaryl/α,β-unsaturated/α-hetero) is 1. The Balaban J connectivity index is 1.96. The summed E-state index contributed by atoms with van der Waals surface area (Å²) < 4.78 is 16.2. The molecule has 2 heterocycles. The van der Waals surface area contributed by atoms with Gasteiger partial charge >= 0.3 is 0 Å². The number of carbonyl (C=O) groups excluding carboxylic acids is 1. The summed E-state index contributed by atoms with van der Waals surface area (Å²) in [6, 6.07) is 5.40. The maximum absolute atomic E-state index is 12.4. The van der Waals surface area contributed by atoms with Crippen LogP contribution in [0.4, 0.5) is 0 Å². The van der Waals surface area contributed by atoms with Crippen molar-refractivity contribution in [2.45, 2.75) is 12.8 Å². The van der Waals surface area contributed by atoms with E-state index in [0.29, 0.717) is 42.5 Å². The first-order valence-electron chi connectivity index (χ1n) is 6.10. The Morgan fingerprint density at radius 3 is 2.83 bits per heavy atom. The molecule has 0 aliphatic carbocycles. The van der Waals surface area contributed by atoms with Crippen LogP contribution in [0, 0.1) is 0 Å². The Hall–Kier alpha value is -1.97. The van der Waals surface area contributed by atoms with Gasteiger partial charge in [0.1, 0.15) is 13.2 Å². The van der Waals surface area contributed by atoms with E-state index < -0.39 is 0 Å². The Kier molecular flexibility index (Phi) is 2.92. The van der Waals surface area contributed by atoms with Crippen LogP contribution in [0.25, 0.3) is 0 Å². The quantitative estimate of drug-likeness (QED) is 0.751. The molecule has 0 bridgehead atoms. The first-order valence-corrected chi connectivity index (χ1v) is 6.10. The van der Waals surface area contributed by atoms with Crippen molar-refractivity contribution in [2.75, 3.05) is 19.8 Å². The van der Waals surface area contributed by atoms with Gasteiger partial charge in [0, 0.05) is 5.57 Å². The van der Waals surface area contributed by atoms with Gasteiger partial charge in [-0.2, -0.15) is 0 Å². The van der Waals surface area contributed by atoms with Crippen molar-refractivity contribution in [1.29, 1.82) is 0 Å². The van der Waals surface area contributed by atoms with Crippen molar-refractivity contribution in [3.05, 3.63) is 35.6 Å². The zero-order valence-electron chi connectivity index (χ0n) is 9.98. The zero-order chi connectivity index (χ0) is 12.4. The summed E-state index contributed by atoms with van der Waals surface area (Å²) >= 11 is 0. The van der Waals surface area contributed by atoms with Crippen LogP contribution in [0.1, 0.15) is 23.2 Å². The van der Waals surface area contributed by atoms with E-state index in [9.17, 15) is 4.79 Å². The number of ketones is 1. The van der Waals surface area contributed by atoms with Crippen molar-refractivity contribution in [3.8, 4) is 11.5 Å². The molecule has 18 heavy (non-hydrogen) atoms. The largest absolute Gasteiger partial charge is 0.501 e. The van der Waals surface area contributed by atoms with Crippen LogP contribution in [-0.4, -0.2) is 25.6 Å². The summed E-state index contributed by atoms with van der Waals surface area (Å²) in [4.78, 5) is 12.4. The van der Waals surface area contributed by atoms with Gasteiger partial charge in [-0.1, -0.05) is 6.07 Å². The highest BCUT2D eigenvalue weighted by Gasteiger charge is 2.23. The summed E-state index contributed by atoms with van der Waals surface area (Å²) in [6.45, 7) is 1.69. The van der Waals surface area contributed by atoms with E-state index in [4.69, 9.17) is 14.2 Å². The first kappa shape index (κ1) is 11.1. The molecule has 4 nitrogen and oxygen atoms in total.